The van der Waals surface area contributed by atoms with Crippen LogP contribution in [-0.4, -0.2) is 17.5 Å². The molecule has 5 heteroatoms. The van der Waals surface area contributed by atoms with Gasteiger partial charge in [0, 0.05) is 9.90 Å². The van der Waals surface area contributed by atoms with E-state index in [1.807, 2.05) is 6.07 Å². The number of benzene rings is 1. The molecule has 1 aromatic rings. The van der Waals surface area contributed by atoms with Gasteiger partial charge in [-0.3, -0.25) is 10.1 Å². The smallest absolute Gasteiger partial charge is 0.322 e. The van der Waals surface area contributed by atoms with Gasteiger partial charge < -0.3 is 5.32 Å². The first-order valence-corrected chi connectivity index (χ1v) is 7.96. The second kappa shape index (κ2) is 4.19. The summed E-state index contributed by atoms with van der Waals surface area (Å²) in [6.45, 7) is 0. The van der Waals surface area contributed by atoms with Crippen LogP contribution in [0.15, 0.2) is 28.7 Å². The molecule has 2 spiro atoms. The maximum absolute atomic E-state index is 12.1. The summed E-state index contributed by atoms with van der Waals surface area (Å²) in [6, 6.07) is 8.04. The maximum Gasteiger partial charge on any atom is 0.322 e. The molecule has 2 N–H and O–H groups in total. The highest BCUT2D eigenvalue weighted by Gasteiger charge is 2.54. The molecule has 21 heavy (non-hydrogen) atoms. The van der Waals surface area contributed by atoms with E-state index in [9.17, 15) is 9.59 Å². The first-order chi connectivity index (χ1) is 10.1. The van der Waals surface area contributed by atoms with Crippen molar-refractivity contribution in [1.29, 1.82) is 0 Å². The van der Waals surface area contributed by atoms with E-state index in [2.05, 4.69) is 50.8 Å². The van der Waals surface area contributed by atoms with Crippen LogP contribution in [0.2, 0.25) is 0 Å². The van der Waals surface area contributed by atoms with Gasteiger partial charge in [-0.15, -0.1) is 0 Å². The molecule has 1 saturated heterocycles. The number of carbonyl (C=O) groups excluding carboxylic acids is 2. The maximum atomic E-state index is 12.1. The molecule has 0 bridgehead atoms. The Morgan fingerprint density at radius 3 is 2.43 bits per heavy atom. The van der Waals surface area contributed by atoms with Crippen LogP contribution < -0.4 is 10.6 Å². The van der Waals surface area contributed by atoms with Gasteiger partial charge in [-0.1, -0.05) is 40.2 Å². The van der Waals surface area contributed by atoms with E-state index in [-0.39, 0.29) is 17.4 Å². The van der Waals surface area contributed by atoms with Crippen molar-refractivity contribution in [3.63, 3.8) is 0 Å². The number of urea groups is 1. The zero-order valence-corrected chi connectivity index (χ0v) is 13.0. The van der Waals surface area contributed by atoms with Gasteiger partial charge in [-0.05, 0) is 42.9 Å². The number of fused-ring (bicyclic) bond motifs is 2. The summed E-state index contributed by atoms with van der Waals surface area (Å²) in [6.07, 6.45) is 5.23. The summed E-state index contributed by atoms with van der Waals surface area (Å²) in [4.78, 5) is 23.5. The highest BCUT2D eigenvalue weighted by Crippen LogP contribution is 2.55. The Morgan fingerprint density at radius 2 is 1.76 bits per heavy atom. The van der Waals surface area contributed by atoms with Crippen molar-refractivity contribution in [2.45, 2.75) is 36.6 Å². The highest BCUT2D eigenvalue weighted by atomic mass is 79.9. The molecule has 2 fully saturated rings. The highest BCUT2D eigenvalue weighted by molar-refractivity contribution is 9.11. The number of amides is 3. The summed E-state index contributed by atoms with van der Waals surface area (Å²) in [5.74, 6) is -0.172. The molecule has 1 aromatic carbocycles. The predicted molar refractivity (Wildman–Crippen MR) is 82.9 cm³/mol. The van der Waals surface area contributed by atoms with Crippen LogP contribution in [0.1, 0.15) is 36.8 Å². The van der Waals surface area contributed by atoms with Gasteiger partial charge in [0.05, 0.1) is 0 Å². The van der Waals surface area contributed by atoms with E-state index < -0.39 is 5.54 Å². The molecule has 4 nitrogen and oxygen atoms in total. The van der Waals surface area contributed by atoms with E-state index in [4.69, 9.17) is 0 Å². The first-order valence-electron chi connectivity index (χ1n) is 7.17. The van der Waals surface area contributed by atoms with Gasteiger partial charge in [0.2, 0.25) is 0 Å². The molecule has 3 amide bonds. The molecule has 108 valence electrons. The monoisotopic (exact) mass is 346 g/mol. The third-order valence-electron chi connectivity index (χ3n) is 5.19. The molecule has 3 aliphatic rings. The molecule has 2 aliphatic carbocycles. The van der Waals surface area contributed by atoms with E-state index in [0.717, 1.165) is 12.8 Å². The van der Waals surface area contributed by atoms with Gasteiger partial charge in [0.25, 0.3) is 5.91 Å². The minimum absolute atomic E-state index is 0.0323. The number of rotatable bonds is 0. The van der Waals surface area contributed by atoms with Crippen LogP contribution in [0.3, 0.4) is 0 Å². The first kappa shape index (κ1) is 13.1. The number of nitrogens with one attached hydrogen (secondary N) is 2. The number of halogens is 1. The zero-order valence-electron chi connectivity index (χ0n) is 11.4. The Bertz CT molecular complexity index is 687. The third kappa shape index (κ3) is 1.67. The molecule has 4 rings (SSSR count). The van der Waals surface area contributed by atoms with E-state index in [0.29, 0.717) is 12.8 Å². The van der Waals surface area contributed by atoms with Crippen molar-refractivity contribution >= 4 is 33.9 Å². The van der Waals surface area contributed by atoms with E-state index in [1.165, 1.54) is 15.6 Å². The molecule has 0 radical (unpaired) electrons. The number of hydrogen-bond donors (Lipinski definition) is 2. The lowest BCUT2D eigenvalue weighted by molar-refractivity contribution is -0.125. The minimum Gasteiger partial charge on any atom is -0.323 e. The van der Waals surface area contributed by atoms with Crippen molar-refractivity contribution in [3.05, 3.63) is 39.9 Å². The van der Waals surface area contributed by atoms with Gasteiger partial charge in [0.1, 0.15) is 5.54 Å². The number of allylic oxidation sites excluding steroid dienone is 1. The average Bonchev–Trinajstić information content (AvgIpc) is 2.89. The predicted octanol–water partition coefficient (Wildman–Crippen LogP) is 2.83. The molecule has 0 unspecified atom stereocenters. The zero-order chi connectivity index (χ0) is 14.7. The largest absolute Gasteiger partial charge is 0.323 e. The van der Waals surface area contributed by atoms with Crippen molar-refractivity contribution in [2.75, 3.05) is 0 Å². The lowest BCUT2D eigenvalue weighted by atomic mass is 9.65. The minimum atomic E-state index is -0.701. The molecular formula is C16H15BrN2O2. The Kier molecular flexibility index (Phi) is 2.61. The second-order valence-electron chi connectivity index (χ2n) is 6.15. The van der Waals surface area contributed by atoms with Crippen LogP contribution in [-0.2, 0) is 10.2 Å². The molecule has 1 heterocycles. The van der Waals surface area contributed by atoms with Crippen molar-refractivity contribution in [3.8, 4) is 0 Å². The van der Waals surface area contributed by atoms with Crippen LogP contribution >= 0.6 is 15.9 Å². The molecule has 1 saturated carbocycles. The lowest BCUT2D eigenvalue weighted by Gasteiger charge is -2.42. The van der Waals surface area contributed by atoms with Crippen LogP contribution in [0, 0.1) is 0 Å². The molecule has 1 aliphatic heterocycles. The van der Waals surface area contributed by atoms with Gasteiger partial charge in [-0.2, -0.15) is 0 Å². The average molecular weight is 347 g/mol. The molecule has 0 aromatic heterocycles. The Balaban J connectivity index is 1.68. The summed E-state index contributed by atoms with van der Waals surface area (Å²) < 4.78 is 1.19. The fourth-order valence-corrected chi connectivity index (χ4v) is 4.81. The van der Waals surface area contributed by atoms with Gasteiger partial charge in [-0.25, -0.2) is 4.79 Å². The molecule has 0 atom stereocenters. The van der Waals surface area contributed by atoms with Crippen LogP contribution in [0.4, 0.5) is 4.79 Å². The van der Waals surface area contributed by atoms with Gasteiger partial charge >= 0.3 is 6.03 Å². The summed E-state index contributed by atoms with van der Waals surface area (Å²) >= 11 is 3.74. The second-order valence-corrected chi connectivity index (χ2v) is 7.01. The third-order valence-corrected chi connectivity index (χ3v) is 6.18. The van der Waals surface area contributed by atoms with Crippen LogP contribution in [0.25, 0.3) is 6.08 Å². The molecular weight excluding hydrogens is 332 g/mol. The van der Waals surface area contributed by atoms with Crippen LogP contribution in [0.5, 0.6) is 0 Å². The normalized spacial score (nSPS) is 33.9. The topological polar surface area (TPSA) is 58.2 Å². The summed E-state index contributed by atoms with van der Waals surface area (Å²) in [5.41, 5.74) is 1.85. The fourth-order valence-electron chi connectivity index (χ4n) is 3.95. The quantitative estimate of drug-likeness (QED) is 0.709. The summed E-state index contributed by atoms with van der Waals surface area (Å²) in [5, 5.41) is 5.20. The van der Waals surface area contributed by atoms with E-state index in [1.54, 1.807) is 0 Å². The number of hydrogen-bond acceptors (Lipinski definition) is 2. The van der Waals surface area contributed by atoms with Crippen molar-refractivity contribution < 1.29 is 9.59 Å². The SMILES string of the molecule is O=C1NC(=O)C2(CCC3(CC2)C(Br)=Cc2ccccc23)N1. The lowest BCUT2D eigenvalue weighted by Crippen LogP contribution is -2.52. The standard InChI is InChI=1S/C16H15BrN2O2/c17-12-9-10-3-1-2-4-11(10)15(12)5-7-16(8-6-15)13(20)18-14(21)19-16/h1-4,9H,5-8H2,(H2,18,19,20,21). The number of imide groups is 1. The van der Waals surface area contributed by atoms with Gasteiger partial charge in [0.15, 0.2) is 0 Å². The fraction of sp³-hybridized carbons (Fsp3) is 0.375. The Labute approximate surface area is 131 Å². The summed E-state index contributed by atoms with van der Waals surface area (Å²) in [7, 11) is 0. The Morgan fingerprint density at radius 1 is 1.05 bits per heavy atom. The van der Waals surface area contributed by atoms with Crippen molar-refractivity contribution in [1.82, 2.24) is 10.6 Å². The number of carbonyl (C=O) groups is 2. The van der Waals surface area contributed by atoms with Crippen molar-refractivity contribution in [2.24, 2.45) is 0 Å². The Hall–Kier alpha value is -1.62. The van der Waals surface area contributed by atoms with E-state index >= 15 is 0 Å².